The van der Waals surface area contributed by atoms with Crippen LogP contribution in [0, 0.1) is 0 Å². The number of hydrogen-bond donors (Lipinski definition) is 1. The molecule has 7 heteroatoms. The molecule has 0 aliphatic carbocycles. The maximum Gasteiger partial charge on any atom is 0.251 e. The molecule has 0 fully saturated rings. The lowest BCUT2D eigenvalue weighted by atomic mass is 10.1. The molecule has 31 heavy (non-hydrogen) atoms. The van der Waals surface area contributed by atoms with E-state index in [9.17, 15) is 13.2 Å². The topological polar surface area (TPSA) is 66.5 Å². The molecule has 1 N–H and O–H groups in total. The van der Waals surface area contributed by atoms with E-state index < -0.39 is 9.84 Å². The van der Waals surface area contributed by atoms with Crippen molar-refractivity contribution in [1.82, 2.24) is 10.2 Å². The highest BCUT2D eigenvalue weighted by Crippen LogP contribution is 2.25. The summed E-state index contributed by atoms with van der Waals surface area (Å²) in [6.07, 6.45) is 0. The molecule has 0 radical (unpaired) electrons. The molecule has 1 unspecified atom stereocenters. The number of amides is 1. The number of sulfone groups is 1. The van der Waals surface area contributed by atoms with Crippen molar-refractivity contribution >= 4 is 27.3 Å². The molecule has 0 spiro atoms. The summed E-state index contributed by atoms with van der Waals surface area (Å²) < 4.78 is 25.3. The standard InChI is InChI=1S/C24H25ClN2O3S/c1-27(2)23(21-13-6-7-14-22(21)25)16-26-24(28)19-10-8-9-18(15-19)17-31(29,30)20-11-4-3-5-12-20/h3-15,23H,16-17H2,1-2H3,(H,26,28). The lowest BCUT2D eigenvalue weighted by Crippen LogP contribution is -2.34. The van der Waals surface area contributed by atoms with E-state index >= 15 is 0 Å². The highest BCUT2D eigenvalue weighted by Gasteiger charge is 2.19. The van der Waals surface area contributed by atoms with Gasteiger partial charge in [-0.3, -0.25) is 4.79 Å². The molecular formula is C24H25ClN2O3S. The van der Waals surface area contributed by atoms with Crippen LogP contribution < -0.4 is 5.32 Å². The fraction of sp³-hybridized carbons (Fsp3) is 0.208. The van der Waals surface area contributed by atoms with Gasteiger partial charge in [-0.1, -0.05) is 60.1 Å². The molecule has 1 amide bonds. The molecule has 162 valence electrons. The van der Waals surface area contributed by atoms with Gasteiger partial charge >= 0.3 is 0 Å². The Hall–Kier alpha value is -2.67. The predicted molar refractivity (Wildman–Crippen MR) is 124 cm³/mol. The van der Waals surface area contributed by atoms with Crippen LogP contribution in [0.3, 0.4) is 0 Å². The van der Waals surface area contributed by atoms with E-state index in [4.69, 9.17) is 11.6 Å². The van der Waals surface area contributed by atoms with Gasteiger partial charge < -0.3 is 10.2 Å². The summed E-state index contributed by atoms with van der Waals surface area (Å²) >= 11 is 6.33. The Kier molecular flexibility index (Phi) is 7.49. The molecule has 3 aromatic rings. The molecule has 5 nitrogen and oxygen atoms in total. The van der Waals surface area contributed by atoms with Crippen molar-refractivity contribution in [2.75, 3.05) is 20.6 Å². The summed E-state index contributed by atoms with van der Waals surface area (Å²) in [5, 5.41) is 3.58. The first-order valence-corrected chi connectivity index (χ1v) is 11.9. The highest BCUT2D eigenvalue weighted by molar-refractivity contribution is 7.90. The van der Waals surface area contributed by atoms with Crippen LogP contribution in [0.25, 0.3) is 0 Å². The van der Waals surface area contributed by atoms with Crippen molar-refractivity contribution in [2.45, 2.75) is 16.7 Å². The van der Waals surface area contributed by atoms with Crippen LogP contribution in [0.1, 0.15) is 27.5 Å². The maximum absolute atomic E-state index is 12.8. The summed E-state index contributed by atoms with van der Waals surface area (Å²) in [6.45, 7) is 0.363. The van der Waals surface area contributed by atoms with Gasteiger partial charge in [0.25, 0.3) is 5.91 Å². The van der Waals surface area contributed by atoms with Crippen LogP contribution in [0.2, 0.25) is 5.02 Å². The van der Waals surface area contributed by atoms with Gasteiger partial charge in [0, 0.05) is 17.1 Å². The minimum Gasteiger partial charge on any atom is -0.350 e. The number of halogens is 1. The van der Waals surface area contributed by atoms with Crippen molar-refractivity contribution < 1.29 is 13.2 Å². The molecule has 1 atom stereocenters. The van der Waals surface area contributed by atoms with Gasteiger partial charge in [-0.05, 0) is 55.6 Å². The minimum absolute atomic E-state index is 0.0979. The third-order valence-electron chi connectivity index (χ3n) is 4.99. The minimum atomic E-state index is -3.49. The number of carbonyl (C=O) groups is 1. The lowest BCUT2D eigenvalue weighted by Gasteiger charge is -2.26. The maximum atomic E-state index is 12.8. The lowest BCUT2D eigenvalue weighted by molar-refractivity contribution is 0.0942. The Morgan fingerprint density at radius 1 is 0.968 bits per heavy atom. The van der Waals surface area contributed by atoms with Crippen LogP contribution in [0.5, 0.6) is 0 Å². The van der Waals surface area contributed by atoms with Crippen molar-refractivity contribution in [3.63, 3.8) is 0 Å². The van der Waals surface area contributed by atoms with E-state index in [0.717, 1.165) is 5.56 Å². The average Bonchev–Trinajstić information content (AvgIpc) is 2.75. The van der Waals surface area contributed by atoms with Gasteiger partial charge in [-0.25, -0.2) is 8.42 Å². The van der Waals surface area contributed by atoms with Gasteiger partial charge in [0.2, 0.25) is 0 Å². The zero-order valence-electron chi connectivity index (χ0n) is 17.5. The second-order valence-electron chi connectivity index (χ2n) is 7.48. The van der Waals surface area contributed by atoms with E-state index in [2.05, 4.69) is 5.32 Å². The Morgan fingerprint density at radius 2 is 1.65 bits per heavy atom. The number of rotatable bonds is 8. The molecule has 0 aliphatic rings. The number of nitrogens with one attached hydrogen (secondary N) is 1. The molecular weight excluding hydrogens is 432 g/mol. The molecule has 0 aromatic heterocycles. The summed E-state index contributed by atoms with van der Waals surface area (Å²) in [5.74, 6) is -0.434. The average molecular weight is 457 g/mol. The first-order chi connectivity index (χ1) is 14.8. The summed E-state index contributed by atoms with van der Waals surface area (Å²) in [4.78, 5) is 15.0. The molecule has 0 aliphatic heterocycles. The number of nitrogens with zero attached hydrogens (tertiary/aromatic N) is 1. The van der Waals surface area contributed by atoms with Gasteiger partial charge in [0.1, 0.15) is 0 Å². The van der Waals surface area contributed by atoms with E-state index in [0.29, 0.717) is 22.7 Å². The zero-order valence-corrected chi connectivity index (χ0v) is 19.0. The fourth-order valence-corrected chi connectivity index (χ4v) is 4.96. The second-order valence-corrected chi connectivity index (χ2v) is 9.88. The normalized spacial score (nSPS) is 12.5. The largest absolute Gasteiger partial charge is 0.350 e. The van der Waals surface area contributed by atoms with Crippen LogP contribution in [-0.2, 0) is 15.6 Å². The Morgan fingerprint density at radius 3 is 2.32 bits per heavy atom. The Balaban J connectivity index is 1.72. The highest BCUT2D eigenvalue weighted by atomic mass is 35.5. The summed E-state index contributed by atoms with van der Waals surface area (Å²) in [5.41, 5.74) is 1.90. The van der Waals surface area contributed by atoms with Crippen molar-refractivity contribution in [1.29, 1.82) is 0 Å². The molecule has 0 heterocycles. The first-order valence-electron chi connectivity index (χ1n) is 9.84. The van der Waals surface area contributed by atoms with Crippen LogP contribution in [-0.4, -0.2) is 39.9 Å². The molecule has 0 saturated heterocycles. The van der Waals surface area contributed by atoms with E-state index in [1.54, 1.807) is 54.6 Å². The van der Waals surface area contributed by atoms with Gasteiger partial charge in [0.15, 0.2) is 9.84 Å². The van der Waals surface area contributed by atoms with Gasteiger partial charge in [0.05, 0.1) is 16.7 Å². The molecule has 0 bridgehead atoms. The number of benzene rings is 3. The third kappa shape index (κ3) is 5.94. The smallest absolute Gasteiger partial charge is 0.251 e. The van der Waals surface area contributed by atoms with Crippen LogP contribution >= 0.6 is 11.6 Å². The fourth-order valence-electron chi connectivity index (χ4n) is 3.34. The van der Waals surface area contributed by atoms with Crippen LogP contribution in [0.4, 0.5) is 0 Å². The number of carbonyl (C=O) groups excluding carboxylic acids is 1. The molecule has 3 aromatic carbocycles. The number of likely N-dealkylation sites (N-methyl/N-ethyl adjacent to an activating group) is 1. The predicted octanol–water partition coefficient (Wildman–Crippen LogP) is 4.35. The van der Waals surface area contributed by atoms with E-state index in [-0.39, 0.29) is 22.6 Å². The van der Waals surface area contributed by atoms with Crippen molar-refractivity contribution in [3.05, 3.63) is 101 Å². The monoisotopic (exact) mass is 456 g/mol. The quantitative estimate of drug-likeness (QED) is 0.547. The first kappa shape index (κ1) is 23.0. The Bertz CT molecular complexity index is 1150. The SMILES string of the molecule is CN(C)C(CNC(=O)c1cccc(CS(=O)(=O)c2ccccc2)c1)c1ccccc1Cl. The van der Waals surface area contributed by atoms with Gasteiger partial charge in [-0.15, -0.1) is 0 Å². The van der Waals surface area contributed by atoms with E-state index in [1.807, 2.05) is 43.3 Å². The van der Waals surface area contributed by atoms with Crippen molar-refractivity contribution in [2.24, 2.45) is 0 Å². The summed E-state index contributed by atoms with van der Waals surface area (Å²) in [6, 6.07) is 22.4. The van der Waals surface area contributed by atoms with E-state index in [1.165, 1.54) is 0 Å². The van der Waals surface area contributed by atoms with Crippen LogP contribution in [0.15, 0.2) is 83.8 Å². The summed E-state index contributed by atoms with van der Waals surface area (Å²) in [7, 11) is 0.365. The zero-order chi connectivity index (χ0) is 22.4. The number of hydrogen-bond acceptors (Lipinski definition) is 4. The van der Waals surface area contributed by atoms with Crippen molar-refractivity contribution in [3.8, 4) is 0 Å². The second kappa shape index (κ2) is 10.1. The Labute approximate surface area is 188 Å². The van der Waals surface area contributed by atoms with Gasteiger partial charge in [-0.2, -0.15) is 0 Å². The third-order valence-corrected chi connectivity index (χ3v) is 7.04. The molecule has 3 rings (SSSR count). The molecule has 0 saturated carbocycles.